The van der Waals surface area contributed by atoms with E-state index in [1.54, 1.807) is 6.20 Å². The molecule has 0 aliphatic carbocycles. The zero-order chi connectivity index (χ0) is 8.55. The highest BCUT2D eigenvalue weighted by Crippen LogP contribution is 2.17. The Morgan fingerprint density at radius 1 is 1.25 bits per heavy atom. The van der Waals surface area contributed by atoms with Crippen LogP contribution >= 0.6 is 15.9 Å². The Kier molecular flexibility index (Phi) is 1.73. The van der Waals surface area contributed by atoms with Gasteiger partial charge in [0.1, 0.15) is 0 Å². The molecule has 0 saturated carbocycles. The second kappa shape index (κ2) is 2.75. The minimum absolute atomic E-state index is 0.0382. The summed E-state index contributed by atoms with van der Waals surface area (Å²) in [6.07, 6.45) is 1.65. The lowest BCUT2D eigenvalue weighted by molar-refractivity contribution is 1.39. The average molecular weight is 224 g/mol. The van der Waals surface area contributed by atoms with Crippen molar-refractivity contribution in [2.45, 2.75) is 0 Å². The lowest BCUT2D eigenvalue weighted by atomic mass is 10.2. The predicted octanol–water partition coefficient (Wildman–Crippen LogP) is 2.29. The third-order valence-electron chi connectivity index (χ3n) is 1.73. The number of nitrogens with one attached hydrogen (secondary N) is 1. The van der Waals surface area contributed by atoms with Crippen molar-refractivity contribution in [2.75, 3.05) is 0 Å². The smallest absolute Gasteiger partial charge is 0.190 e. The fourth-order valence-corrected chi connectivity index (χ4v) is 1.75. The molecule has 0 saturated heterocycles. The van der Waals surface area contributed by atoms with Crippen LogP contribution in [0.25, 0.3) is 10.9 Å². The zero-order valence-electron chi connectivity index (χ0n) is 6.17. The summed E-state index contributed by atoms with van der Waals surface area (Å²) >= 11 is 3.33. The maximum Gasteiger partial charge on any atom is 0.190 e. The van der Waals surface area contributed by atoms with Crippen molar-refractivity contribution in [3.63, 3.8) is 0 Å². The Labute approximate surface area is 77.4 Å². The molecule has 1 heterocycles. The van der Waals surface area contributed by atoms with Crippen LogP contribution in [0.15, 0.2) is 39.7 Å². The lowest BCUT2D eigenvalue weighted by Gasteiger charge is -1.97. The predicted molar refractivity (Wildman–Crippen MR) is 52.3 cm³/mol. The maximum atomic E-state index is 11.3. The van der Waals surface area contributed by atoms with Crippen LogP contribution in [0, 0.1) is 0 Å². The van der Waals surface area contributed by atoms with Crippen LogP contribution < -0.4 is 5.43 Å². The summed E-state index contributed by atoms with van der Waals surface area (Å²) in [5, 5.41) is 0.708. The van der Waals surface area contributed by atoms with Crippen LogP contribution in [0.3, 0.4) is 0 Å². The van der Waals surface area contributed by atoms with Gasteiger partial charge in [0.2, 0.25) is 0 Å². The molecule has 2 nitrogen and oxygen atoms in total. The number of aromatic amines is 1. The first kappa shape index (κ1) is 7.55. The highest BCUT2D eigenvalue weighted by molar-refractivity contribution is 9.10. The van der Waals surface area contributed by atoms with Gasteiger partial charge in [-0.25, -0.2) is 0 Å². The molecule has 1 aromatic heterocycles. The first-order chi connectivity index (χ1) is 5.79. The van der Waals surface area contributed by atoms with Gasteiger partial charge in [-0.1, -0.05) is 6.07 Å². The summed E-state index contributed by atoms with van der Waals surface area (Å²) in [5.41, 5.74) is 0.896. The Hall–Kier alpha value is -1.09. The van der Waals surface area contributed by atoms with Gasteiger partial charge < -0.3 is 4.98 Å². The van der Waals surface area contributed by atoms with Crippen LogP contribution in [-0.2, 0) is 0 Å². The average Bonchev–Trinajstić information content (AvgIpc) is 2.04. The molecule has 1 aromatic carbocycles. The van der Waals surface area contributed by atoms with Gasteiger partial charge in [0, 0.05) is 16.7 Å². The van der Waals surface area contributed by atoms with E-state index in [0.29, 0.717) is 5.39 Å². The number of halogens is 1. The second-order valence-corrected chi connectivity index (χ2v) is 3.36. The number of aromatic nitrogens is 1. The van der Waals surface area contributed by atoms with Gasteiger partial charge in [-0.3, -0.25) is 4.79 Å². The first-order valence-corrected chi connectivity index (χ1v) is 4.34. The third kappa shape index (κ3) is 1.06. The second-order valence-electron chi connectivity index (χ2n) is 2.50. The normalized spacial score (nSPS) is 10.4. The Bertz CT molecular complexity index is 470. The van der Waals surface area contributed by atoms with Gasteiger partial charge in [0.25, 0.3) is 0 Å². The molecule has 60 valence electrons. The molecule has 0 fully saturated rings. The number of benzene rings is 1. The largest absolute Gasteiger partial charge is 0.361 e. The van der Waals surface area contributed by atoms with E-state index in [4.69, 9.17) is 0 Å². The number of H-pyrrole nitrogens is 1. The van der Waals surface area contributed by atoms with Crippen molar-refractivity contribution in [1.29, 1.82) is 0 Å². The van der Waals surface area contributed by atoms with Gasteiger partial charge in [-0.05, 0) is 28.1 Å². The summed E-state index contributed by atoms with van der Waals surface area (Å²) in [6, 6.07) is 7.15. The molecule has 12 heavy (non-hydrogen) atoms. The standard InChI is InChI=1S/C9H6BrNO/c10-6-2-1-3-7-9(6)8(12)4-5-11-7/h1-5H,(H,11,12). The quantitative estimate of drug-likeness (QED) is 0.731. The molecule has 2 aromatic rings. The number of pyridine rings is 1. The summed E-state index contributed by atoms with van der Waals surface area (Å²) < 4.78 is 0.835. The molecule has 0 radical (unpaired) electrons. The first-order valence-electron chi connectivity index (χ1n) is 3.55. The Morgan fingerprint density at radius 2 is 2.08 bits per heavy atom. The fourth-order valence-electron chi connectivity index (χ4n) is 1.19. The molecule has 0 atom stereocenters. The van der Waals surface area contributed by atoms with E-state index in [9.17, 15) is 4.79 Å². The maximum absolute atomic E-state index is 11.3. The van der Waals surface area contributed by atoms with Gasteiger partial charge in [0.05, 0.1) is 10.9 Å². The van der Waals surface area contributed by atoms with E-state index in [1.807, 2.05) is 18.2 Å². The van der Waals surface area contributed by atoms with E-state index in [0.717, 1.165) is 9.99 Å². The van der Waals surface area contributed by atoms with Crippen LogP contribution in [0.1, 0.15) is 0 Å². The molecular formula is C9H6BrNO. The third-order valence-corrected chi connectivity index (χ3v) is 2.39. The van der Waals surface area contributed by atoms with E-state index in [2.05, 4.69) is 20.9 Å². The molecule has 0 aliphatic rings. The van der Waals surface area contributed by atoms with Crippen LogP contribution in [0.4, 0.5) is 0 Å². The van der Waals surface area contributed by atoms with E-state index >= 15 is 0 Å². The highest BCUT2D eigenvalue weighted by Gasteiger charge is 2.00. The van der Waals surface area contributed by atoms with Crippen molar-refractivity contribution in [3.05, 3.63) is 45.2 Å². The van der Waals surface area contributed by atoms with Crippen LogP contribution in [0.5, 0.6) is 0 Å². The molecule has 0 amide bonds. The number of fused-ring (bicyclic) bond motifs is 1. The van der Waals surface area contributed by atoms with Gasteiger partial charge in [-0.2, -0.15) is 0 Å². The molecule has 0 aliphatic heterocycles. The molecule has 3 heteroatoms. The number of hydrogen-bond acceptors (Lipinski definition) is 1. The van der Waals surface area contributed by atoms with E-state index in [1.165, 1.54) is 6.07 Å². The summed E-state index contributed by atoms with van der Waals surface area (Å²) in [6.45, 7) is 0. The van der Waals surface area contributed by atoms with Gasteiger partial charge in [-0.15, -0.1) is 0 Å². The van der Waals surface area contributed by atoms with Crippen molar-refractivity contribution in [2.24, 2.45) is 0 Å². The topological polar surface area (TPSA) is 32.9 Å². The monoisotopic (exact) mass is 223 g/mol. The minimum atomic E-state index is 0.0382. The molecule has 0 bridgehead atoms. The van der Waals surface area contributed by atoms with Gasteiger partial charge >= 0.3 is 0 Å². The fraction of sp³-hybridized carbons (Fsp3) is 0. The molecule has 1 N–H and O–H groups in total. The van der Waals surface area contributed by atoms with Crippen molar-refractivity contribution < 1.29 is 0 Å². The van der Waals surface area contributed by atoms with Crippen LogP contribution in [0.2, 0.25) is 0 Å². The molecule has 0 unspecified atom stereocenters. The van der Waals surface area contributed by atoms with Crippen molar-refractivity contribution >= 4 is 26.8 Å². The number of hydrogen-bond donors (Lipinski definition) is 1. The minimum Gasteiger partial charge on any atom is -0.361 e. The van der Waals surface area contributed by atoms with E-state index in [-0.39, 0.29) is 5.43 Å². The Balaban J connectivity index is 3.07. The lowest BCUT2D eigenvalue weighted by Crippen LogP contribution is -2.00. The summed E-state index contributed by atoms with van der Waals surface area (Å²) in [5.74, 6) is 0. The zero-order valence-corrected chi connectivity index (χ0v) is 7.76. The number of rotatable bonds is 0. The molecule has 0 spiro atoms. The summed E-state index contributed by atoms with van der Waals surface area (Å²) in [4.78, 5) is 14.4. The van der Waals surface area contributed by atoms with Crippen molar-refractivity contribution in [1.82, 2.24) is 4.98 Å². The van der Waals surface area contributed by atoms with E-state index < -0.39 is 0 Å². The van der Waals surface area contributed by atoms with Crippen molar-refractivity contribution in [3.8, 4) is 0 Å². The van der Waals surface area contributed by atoms with Crippen LogP contribution in [-0.4, -0.2) is 4.98 Å². The molecule has 2 rings (SSSR count). The molecular weight excluding hydrogens is 218 g/mol. The summed E-state index contributed by atoms with van der Waals surface area (Å²) in [7, 11) is 0. The Morgan fingerprint density at radius 3 is 2.83 bits per heavy atom. The van der Waals surface area contributed by atoms with Gasteiger partial charge in [0.15, 0.2) is 5.43 Å². The SMILES string of the molecule is O=c1cc[nH]c2cccc(Br)c12. The highest BCUT2D eigenvalue weighted by atomic mass is 79.9.